The molecule has 10 heteroatoms. The second-order valence-electron chi connectivity index (χ2n) is 10.6. The van der Waals surface area contributed by atoms with Gasteiger partial charge in [0.2, 0.25) is 0 Å². The van der Waals surface area contributed by atoms with Crippen molar-refractivity contribution in [1.82, 2.24) is 10.2 Å². The molecule has 3 unspecified atom stereocenters. The van der Waals surface area contributed by atoms with E-state index in [-0.39, 0.29) is 25.1 Å². The number of hydrogen-bond acceptors (Lipinski definition) is 8. The Morgan fingerprint density at radius 1 is 1.05 bits per heavy atom. The molecule has 2 aromatic rings. The number of amides is 1. The van der Waals surface area contributed by atoms with E-state index < -0.39 is 17.1 Å². The largest absolute Gasteiger partial charge is 0.497 e. The van der Waals surface area contributed by atoms with Crippen molar-refractivity contribution in [1.29, 1.82) is 5.26 Å². The summed E-state index contributed by atoms with van der Waals surface area (Å²) in [6, 6.07) is 18.5. The van der Waals surface area contributed by atoms with Crippen LogP contribution in [-0.4, -0.2) is 55.9 Å². The van der Waals surface area contributed by atoms with E-state index in [0.717, 1.165) is 50.0 Å². The van der Waals surface area contributed by atoms with Gasteiger partial charge in [0.25, 0.3) is 11.0 Å². The van der Waals surface area contributed by atoms with Crippen LogP contribution in [0.15, 0.2) is 48.5 Å². The number of nitrogens with one attached hydrogen (secondary N) is 1. The maximum absolute atomic E-state index is 12.1. The first-order valence-electron chi connectivity index (χ1n) is 14.8. The lowest BCUT2D eigenvalue weighted by Gasteiger charge is -2.29. The lowest BCUT2D eigenvalue weighted by molar-refractivity contribution is -0.767. The van der Waals surface area contributed by atoms with Gasteiger partial charge in [0, 0.05) is 25.0 Å². The highest BCUT2D eigenvalue weighted by atomic mass is 17.0. The van der Waals surface area contributed by atoms with Crippen molar-refractivity contribution in [3.63, 3.8) is 0 Å². The smallest absolute Gasteiger partial charge is 0.294 e. The molecule has 1 N–H and O–H groups in total. The van der Waals surface area contributed by atoms with Crippen molar-refractivity contribution < 1.29 is 24.2 Å². The summed E-state index contributed by atoms with van der Waals surface area (Å²) in [7, 11) is 3.78. The van der Waals surface area contributed by atoms with Crippen molar-refractivity contribution >= 4 is 5.91 Å². The zero-order valence-corrected chi connectivity index (χ0v) is 25.4. The number of carbonyl (C=O) groups is 1. The molecule has 0 aliphatic heterocycles. The lowest BCUT2D eigenvalue weighted by Crippen LogP contribution is -2.36. The summed E-state index contributed by atoms with van der Waals surface area (Å²) >= 11 is 0. The molecule has 230 valence electrons. The van der Waals surface area contributed by atoms with E-state index in [1.54, 1.807) is 7.11 Å². The van der Waals surface area contributed by atoms with Gasteiger partial charge in [-0.1, -0.05) is 56.9 Å². The summed E-state index contributed by atoms with van der Waals surface area (Å²) < 4.78 is 10.9. The molecular weight excluding hydrogens is 536 g/mol. The fourth-order valence-corrected chi connectivity index (χ4v) is 4.77. The highest BCUT2D eigenvalue weighted by molar-refractivity contribution is 5.77. The van der Waals surface area contributed by atoms with E-state index >= 15 is 0 Å². The number of nitrogens with zero attached hydrogens (tertiary/aromatic N) is 3. The number of nitriles is 1. The van der Waals surface area contributed by atoms with Crippen molar-refractivity contribution in [2.75, 3.05) is 33.9 Å². The fourth-order valence-electron chi connectivity index (χ4n) is 4.77. The predicted octanol–water partition coefficient (Wildman–Crippen LogP) is 5.89. The normalized spacial score (nSPS) is 13.0. The van der Waals surface area contributed by atoms with Crippen LogP contribution in [0.2, 0.25) is 0 Å². The third-order valence-corrected chi connectivity index (χ3v) is 7.31. The Hall–Kier alpha value is -3.84. The first-order valence-corrected chi connectivity index (χ1v) is 14.8. The van der Waals surface area contributed by atoms with Gasteiger partial charge in [-0.15, -0.1) is 10.1 Å². The van der Waals surface area contributed by atoms with E-state index in [4.69, 9.17) is 9.47 Å². The lowest BCUT2D eigenvalue weighted by atomic mass is 9.92. The molecule has 2 rings (SSSR count). The Balaban J connectivity index is 2.01. The van der Waals surface area contributed by atoms with Crippen LogP contribution in [0.5, 0.6) is 11.5 Å². The predicted molar refractivity (Wildman–Crippen MR) is 162 cm³/mol. The summed E-state index contributed by atoms with van der Waals surface area (Å²) in [5.74, 6) is 1.04. The third kappa shape index (κ3) is 13.2. The molecular formula is C32H46N4O6. The Kier molecular flexibility index (Phi) is 15.8. The van der Waals surface area contributed by atoms with Gasteiger partial charge in [0.1, 0.15) is 17.6 Å². The highest BCUT2D eigenvalue weighted by Gasteiger charge is 2.20. The minimum atomic E-state index is -0.882. The number of benzene rings is 2. The van der Waals surface area contributed by atoms with Gasteiger partial charge in [-0.2, -0.15) is 5.26 Å². The van der Waals surface area contributed by atoms with Crippen LogP contribution in [0.1, 0.15) is 76.0 Å². The van der Waals surface area contributed by atoms with E-state index in [1.165, 1.54) is 31.7 Å². The molecule has 0 aromatic heterocycles. The van der Waals surface area contributed by atoms with Gasteiger partial charge in [-0.25, -0.2) is 0 Å². The van der Waals surface area contributed by atoms with Crippen LogP contribution in [0.25, 0.3) is 0 Å². The van der Waals surface area contributed by atoms with Crippen LogP contribution in [0.3, 0.4) is 0 Å². The summed E-state index contributed by atoms with van der Waals surface area (Å²) in [6.45, 7) is 4.34. The van der Waals surface area contributed by atoms with Crippen molar-refractivity contribution in [2.45, 2.75) is 77.4 Å². The molecule has 42 heavy (non-hydrogen) atoms. The number of unbranched alkanes of at least 4 members (excludes halogenated alkanes) is 3. The molecule has 10 nitrogen and oxygen atoms in total. The van der Waals surface area contributed by atoms with Crippen LogP contribution >= 0.6 is 0 Å². The number of likely N-dealkylation sites (N-methyl/N-ethyl adjacent to an activating group) is 1. The first kappa shape index (κ1) is 34.4. The Morgan fingerprint density at radius 2 is 1.74 bits per heavy atom. The van der Waals surface area contributed by atoms with E-state index in [2.05, 4.69) is 47.2 Å². The molecule has 2 aromatic carbocycles. The molecule has 0 radical (unpaired) electrons. The van der Waals surface area contributed by atoms with Gasteiger partial charge in [0.05, 0.1) is 13.2 Å². The topological polar surface area (TPSA) is 127 Å². The SMILES string of the molecule is CCCCCCC(C#N)CCC(c1ccc(OCC(=O)NCC(C)O[N+](=O)[O-])cc1)N(C)CCc1ccc(OC)cc1. The van der Waals surface area contributed by atoms with Crippen molar-refractivity contribution in [3.05, 3.63) is 69.8 Å². The summed E-state index contributed by atoms with van der Waals surface area (Å²) in [6.07, 6.45) is 7.41. The molecule has 0 bridgehead atoms. The van der Waals surface area contributed by atoms with E-state index in [0.29, 0.717) is 5.75 Å². The molecule has 3 atom stereocenters. The quantitative estimate of drug-likeness (QED) is 0.110. The first-order chi connectivity index (χ1) is 20.2. The van der Waals surface area contributed by atoms with Gasteiger partial charge in [-0.05, 0) is 75.0 Å². The van der Waals surface area contributed by atoms with E-state index in [1.807, 2.05) is 36.4 Å². The molecule has 0 aliphatic rings. The average molecular weight is 583 g/mol. The number of carbonyl (C=O) groups excluding carboxylic acids is 1. The molecule has 0 fully saturated rings. The molecule has 0 spiro atoms. The molecule has 0 saturated heterocycles. The summed E-state index contributed by atoms with van der Waals surface area (Å²) in [5, 5.41) is 21.8. The van der Waals surface area contributed by atoms with Crippen molar-refractivity contribution in [3.8, 4) is 17.6 Å². The molecule has 1 amide bonds. The monoisotopic (exact) mass is 582 g/mol. The zero-order chi connectivity index (χ0) is 30.7. The minimum Gasteiger partial charge on any atom is -0.497 e. The molecule has 0 aliphatic carbocycles. The number of rotatable bonds is 21. The van der Waals surface area contributed by atoms with E-state index in [9.17, 15) is 20.2 Å². The fraction of sp³-hybridized carbons (Fsp3) is 0.562. The van der Waals surface area contributed by atoms with Crippen molar-refractivity contribution in [2.24, 2.45) is 5.92 Å². The van der Waals surface area contributed by atoms with Crippen LogP contribution < -0.4 is 14.8 Å². The van der Waals surface area contributed by atoms with Gasteiger partial charge >= 0.3 is 0 Å². The van der Waals surface area contributed by atoms with Crippen LogP contribution in [0, 0.1) is 27.4 Å². The maximum atomic E-state index is 12.1. The van der Waals surface area contributed by atoms with Crippen LogP contribution in [-0.2, 0) is 16.1 Å². The average Bonchev–Trinajstić information content (AvgIpc) is 2.99. The van der Waals surface area contributed by atoms with Gasteiger partial charge in [0.15, 0.2) is 6.61 Å². The number of ether oxygens (including phenoxy) is 2. The number of methoxy groups -OCH3 is 1. The Labute approximate surface area is 250 Å². The molecule has 0 heterocycles. The Morgan fingerprint density at radius 3 is 2.36 bits per heavy atom. The molecule has 0 saturated carbocycles. The third-order valence-electron chi connectivity index (χ3n) is 7.31. The standard InChI is InChI=1S/C32H46N4O6/c1-5-6-7-8-9-27(22-33)12-19-31(35(3)21-20-26-10-15-29(40-4)16-11-26)28-13-17-30(18-14-28)41-24-32(37)34-23-25(2)42-36(38)39/h10-11,13-18,25,27,31H,5-9,12,19-21,23-24H2,1-4H3,(H,34,37). The highest BCUT2D eigenvalue weighted by Crippen LogP contribution is 2.29. The number of hydrogen-bond donors (Lipinski definition) is 1. The Bertz CT molecular complexity index is 1100. The second kappa shape index (κ2) is 19.3. The maximum Gasteiger partial charge on any atom is 0.294 e. The minimum absolute atomic E-state index is 0.00888. The zero-order valence-electron chi connectivity index (χ0n) is 25.4. The summed E-state index contributed by atoms with van der Waals surface area (Å²) in [5.41, 5.74) is 2.35. The van der Waals surface area contributed by atoms with Gasteiger partial charge in [-0.3, -0.25) is 9.69 Å². The second-order valence-corrected chi connectivity index (χ2v) is 10.6. The summed E-state index contributed by atoms with van der Waals surface area (Å²) in [4.78, 5) is 29.2. The van der Waals surface area contributed by atoms with Crippen LogP contribution in [0.4, 0.5) is 0 Å². The van der Waals surface area contributed by atoms with Gasteiger partial charge < -0.3 is 19.6 Å².